The van der Waals surface area contributed by atoms with Gasteiger partial charge >= 0.3 is 0 Å². The van der Waals surface area contributed by atoms with E-state index < -0.39 is 11.6 Å². The van der Waals surface area contributed by atoms with Crippen LogP contribution in [0.2, 0.25) is 5.28 Å². The van der Waals surface area contributed by atoms with E-state index in [0.717, 1.165) is 12.5 Å². The zero-order valence-electron chi connectivity index (χ0n) is 15.0. The van der Waals surface area contributed by atoms with Crippen molar-refractivity contribution in [1.82, 2.24) is 15.0 Å². The molecular weight excluding hydrogens is 362 g/mol. The van der Waals surface area contributed by atoms with Gasteiger partial charge in [-0.1, -0.05) is 32.9 Å². The number of aliphatic hydroxyl groups is 1. The van der Waals surface area contributed by atoms with Gasteiger partial charge in [-0.3, -0.25) is 0 Å². The van der Waals surface area contributed by atoms with Crippen LogP contribution in [-0.2, 0) is 6.42 Å². The van der Waals surface area contributed by atoms with Crippen LogP contribution in [0.3, 0.4) is 0 Å². The number of nitrogens with one attached hydrogen (secondary N) is 1. The Morgan fingerprint density at radius 1 is 1.15 bits per heavy atom. The van der Waals surface area contributed by atoms with Gasteiger partial charge in [0.2, 0.25) is 11.2 Å². The highest BCUT2D eigenvalue weighted by Gasteiger charge is 2.18. The predicted octanol–water partition coefficient (Wildman–Crippen LogP) is 3.97. The van der Waals surface area contributed by atoms with Gasteiger partial charge in [0.1, 0.15) is 5.82 Å². The minimum absolute atomic E-state index is 0.00523. The molecule has 142 valence electrons. The normalized spacial score (nSPS) is 13.7. The maximum atomic E-state index is 14.0. The molecule has 26 heavy (non-hydrogen) atoms. The van der Waals surface area contributed by atoms with Crippen LogP contribution < -0.4 is 5.32 Å². The number of nitrogens with zero attached hydrogens (tertiary/aromatic N) is 3. The fourth-order valence-electron chi connectivity index (χ4n) is 2.76. The van der Waals surface area contributed by atoms with Crippen LogP contribution in [0, 0.1) is 17.6 Å². The van der Waals surface area contributed by atoms with Crippen LogP contribution >= 0.6 is 11.6 Å². The van der Waals surface area contributed by atoms with Crippen LogP contribution in [0.1, 0.15) is 44.5 Å². The molecule has 0 saturated carbocycles. The van der Waals surface area contributed by atoms with Gasteiger partial charge in [-0.05, 0) is 41.5 Å². The maximum Gasteiger partial charge on any atom is 0.227 e. The van der Waals surface area contributed by atoms with E-state index in [4.69, 9.17) is 11.6 Å². The number of hydrogen-bond acceptors (Lipinski definition) is 5. The molecule has 0 aliphatic carbocycles. The first-order valence-corrected chi connectivity index (χ1v) is 8.89. The van der Waals surface area contributed by atoms with Gasteiger partial charge < -0.3 is 10.4 Å². The molecule has 2 atom stereocenters. The molecule has 8 heteroatoms. The maximum absolute atomic E-state index is 14.0. The van der Waals surface area contributed by atoms with Gasteiger partial charge in [0.05, 0.1) is 12.6 Å². The van der Waals surface area contributed by atoms with Crippen molar-refractivity contribution >= 4 is 17.5 Å². The number of rotatable bonds is 8. The van der Waals surface area contributed by atoms with Crippen molar-refractivity contribution in [3.63, 3.8) is 0 Å². The zero-order chi connectivity index (χ0) is 19.3. The summed E-state index contributed by atoms with van der Waals surface area (Å²) < 4.78 is 27.4. The van der Waals surface area contributed by atoms with Gasteiger partial charge in [-0.15, -0.1) is 0 Å². The van der Waals surface area contributed by atoms with Crippen LogP contribution in [0.25, 0.3) is 0 Å². The van der Waals surface area contributed by atoms with E-state index in [9.17, 15) is 13.9 Å². The summed E-state index contributed by atoms with van der Waals surface area (Å²) in [6, 6.07) is 3.88. The SMILES string of the molecule is CC(C)CC(CO)Nc1nc(Cl)nc(CC(C)c2cccc(F)c2F)n1. The van der Waals surface area contributed by atoms with Crippen molar-refractivity contribution in [3.8, 4) is 0 Å². The Morgan fingerprint density at radius 3 is 2.54 bits per heavy atom. The molecule has 0 aliphatic heterocycles. The summed E-state index contributed by atoms with van der Waals surface area (Å²) >= 11 is 5.97. The molecule has 2 rings (SSSR count). The smallest absolute Gasteiger partial charge is 0.227 e. The van der Waals surface area contributed by atoms with Crippen molar-refractivity contribution in [2.45, 2.75) is 45.6 Å². The topological polar surface area (TPSA) is 70.9 Å². The molecule has 0 radical (unpaired) electrons. The predicted molar refractivity (Wildman–Crippen MR) is 97.3 cm³/mol. The minimum Gasteiger partial charge on any atom is -0.394 e. The second-order valence-corrected chi connectivity index (χ2v) is 7.08. The first kappa shape index (κ1) is 20.5. The van der Waals surface area contributed by atoms with Crippen LogP contribution in [0.4, 0.5) is 14.7 Å². The molecule has 2 N–H and O–H groups in total. The Balaban J connectivity index is 2.17. The number of anilines is 1. The van der Waals surface area contributed by atoms with Crippen LogP contribution in [0.5, 0.6) is 0 Å². The van der Waals surface area contributed by atoms with E-state index in [-0.39, 0.29) is 41.8 Å². The largest absolute Gasteiger partial charge is 0.394 e. The first-order chi connectivity index (χ1) is 12.3. The zero-order valence-corrected chi connectivity index (χ0v) is 15.8. The van der Waals surface area contributed by atoms with Crippen molar-refractivity contribution in [2.24, 2.45) is 5.92 Å². The molecule has 1 heterocycles. The number of halogens is 3. The number of aromatic nitrogens is 3. The molecule has 0 spiro atoms. The number of benzene rings is 1. The summed E-state index contributed by atoms with van der Waals surface area (Å²) in [7, 11) is 0. The fourth-order valence-corrected chi connectivity index (χ4v) is 2.94. The summed E-state index contributed by atoms with van der Waals surface area (Å²) in [5.41, 5.74) is 0.254. The van der Waals surface area contributed by atoms with Gasteiger partial charge in [0, 0.05) is 6.42 Å². The van der Waals surface area contributed by atoms with Crippen LogP contribution in [-0.4, -0.2) is 32.7 Å². The van der Waals surface area contributed by atoms with Crippen molar-refractivity contribution < 1.29 is 13.9 Å². The Kier molecular flexibility index (Phi) is 7.23. The molecule has 2 unspecified atom stereocenters. The van der Waals surface area contributed by atoms with Crippen molar-refractivity contribution in [2.75, 3.05) is 11.9 Å². The van der Waals surface area contributed by atoms with E-state index in [1.165, 1.54) is 12.1 Å². The third kappa shape index (κ3) is 5.57. The lowest BCUT2D eigenvalue weighted by molar-refractivity contribution is 0.259. The standard InChI is InChI=1S/C18H23ClF2N4O/c1-10(2)7-12(9-26)22-18-24-15(23-17(19)25-18)8-11(3)13-5-4-6-14(20)16(13)21/h4-6,10-12,26H,7-9H2,1-3H3,(H,22,23,24,25). The molecule has 0 saturated heterocycles. The summed E-state index contributed by atoms with van der Waals surface area (Å²) in [5, 5.41) is 12.5. The van der Waals surface area contributed by atoms with Crippen molar-refractivity contribution in [1.29, 1.82) is 0 Å². The molecule has 5 nitrogen and oxygen atoms in total. The molecule has 2 aromatic rings. The monoisotopic (exact) mass is 384 g/mol. The molecule has 1 aromatic heterocycles. The summed E-state index contributed by atoms with van der Waals surface area (Å²) in [4.78, 5) is 12.4. The second-order valence-electron chi connectivity index (χ2n) is 6.75. The Hall–Kier alpha value is -1.86. The minimum atomic E-state index is -0.884. The summed E-state index contributed by atoms with van der Waals surface area (Å²) in [6.45, 7) is 5.79. The van der Waals surface area contributed by atoms with Gasteiger partial charge in [-0.2, -0.15) is 9.97 Å². The number of hydrogen-bond donors (Lipinski definition) is 2. The second kappa shape index (κ2) is 9.19. The Bertz CT molecular complexity index is 745. The molecular formula is C18H23ClF2N4O. The highest BCUT2D eigenvalue weighted by molar-refractivity contribution is 6.28. The quantitative estimate of drug-likeness (QED) is 0.720. The lowest BCUT2D eigenvalue weighted by atomic mass is 9.97. The lowest BCUT2D eigenvalue weighted by Gasteiger charge is -2.19. The Labute approximate surface area is 156 Å². The highest BCUT2D eigenvalue weighted by atomic mass is 35.5. The Morgan fingerprint density at radius 2 is 1.88 bits per heavy atom. The molecule has 0 aliphatic rings. The average Bonchev–Trinajstić information content (AvgIpc) is 2.55. The average molecular weight is 385 g/mol. The lowest BCUT2D eigenvalue weighted by Crippen LogP contribution is -2.27. The van der Waals surface area contributed by atoms with E-state index in [2.05, 4.69) is 20.3 Å². The molecule has 0 fully saturated rings. The third-order valence-electron chi connectivity index (χ3n) is 3.97. The van der Waals surface area contributed by atoms with Crippen LogP contribution in [0.15, 0.2) is 18.2 Å². The third-order valence-corrected chi connectivity index (χ3v) is 4.13. The molecule has 1 aromatic carbocycles. The van der Waals surface area contributed by atoms with Crippen molar-refractivity contribution in [3.05, 3.63) is 46.5 Å². The number of aliphatic hydroxyl groups excluding tert-OH is 1. The van der Waals surface area contributed by atoms with Gasteiger partial charge in [0.25, 0.3) is 0 Å². The van der Waals surface area contributed by atoms with E-state index in [0.29, 0.717) is 11.7 Å². The highest BCUT2D eigenvalue weighted by Crippen LogP contribution is 2.24. The van der Waals surface area contributed by atoms with Gasteiger partial charge in [-0.25, -0.2) is 13.8 Å². The van der Waals surface area contributed by atoms with E-state index in [1.54, 1.807) is 6.92 Å². The van der Waals surface area contributed by atoms with Gasteiger partial charge in [0.15, 0.2) is 11.6 Å². The summed E-state index contributed by atoms with van der Waals surface area (Å²) in [5.74, 6) is -1.09. The molecule has 0 amide bonds. The first-order valence-electron chi connectivity index (χ1n) is 8.51. The van der Waals surface area contributed by atoms with E-state index >= 15 is 0 Å². The summed E-state index contributed by atoms with van der Waals surface area (Å²) in [6.07, 6.45) is 1.01. The molecule has 0 bridgehead atoms. The fraction of sp³-hybridized carbons (Fsp3) is 0.500. The van der Waals surface area contributed by atoms with E-state index in [1.807, 2.05) is 13.8 Å².